The number of carbonyl (C=O) groups excluding carboxylic acids is 1. The van der Waals surface area contributed by atoms with Gasteiger partial charge in [0.15, 0.2) is 0 Å². The number of nitrogens with one attached hydrogen (secondary N) is 1. The highest BCUT2D eigenvalue weighted by atomic mass is 16.5. The minimum absolute atomic E-state index is 0.0220. The molecular weight excluding hydrogens is 264 g/mol. The molecule has 1 amide bonds. The zero-order valence-corrected chi connectivity index (χ0v) is 12.7. The van der Waals surface area contributed by atoms with E-state index in [4.69, 9.17) is 4.74 Å². The Labute approximate surface area is 126 Å². The fourth-order valence-electron chi connectivity index (χ4n) is 3.43. The first-order valence-electron chi connectivity index (χ1n) is 8.03. The van der Waals surface area contributed by atoms with Gasteiger partial charge in [0.25, 0.3) is 0 Å². The van der Waals surface area contributed by atoms with Crippen molar-refractivity contribution in [3.05, 3.63) is 29.8 Å². The van der Waals surface area contributed by atoms with Crippen molar-refractivity contribution in [1.82, 2.24) is 10.2 Å². The van der Waals surface area contributed by atoms with Crippen molar-refractivity contribution < 1.29 is 9.53 Å². The molecule has 1 saturated heterocycles. The van der Waals surface area contributed by atoms with Crippen LogP contribution in [0.4, 0.5) is 0 Å². The molecule has 0 bridgehead atoms. The van der Waals surface area contributed by atoms with E-state index < -0.39 is 0 Å². The fraction of sp³-hybridized carbons (Fsp3) is 0.588. The van der Waals surface area contributed by atoms with Crippen molar-refractivity contribution in [1.29, 1.82) is 0 Å². The van der Waals surface area contributed by atoms with E-state index in [1.165, 1.54) is 25.7 Å². The highest BCUT2D eigenvalue weighted by Gasteiger charge is 2.33. The zero-order chi connectivity index (χ0) is 14.7. The van der Waals surface area contributed by atoms with E-state index in [1.807, 2.05) is 24.0 Å². The van der Waals surface area contributed by atoms with E-state index in [0.717, 1.165) is 17.9 Å². The van der Waals surface area contributed by atoms with Gasteiger partial charge in [-0.15, -0.1) is 0 Å². The van der Waals surface area contributed by atoms with Crippen LogP contribution in [0, 0.1) is 5.92 Å². The van der Waals surface area contributed by atoms with Gasteiger partial charge in [-0.3, -0.25) is 10.1 Å². The summed E-state index contributed by atoms with van der Waals surface area (Å²) < 4.78 is 5.48. The molecule has 21 heavy (non-hydrogen) atoms. The molecule has 114 valence electrons. The number of hydrogen-bond donors (Lipinski definition) is 1. The molecule has 1 unspecified atom stereocenters. The number of ether oxygens (including phenoxy) is 1. The predicted molar refractivity (Wildman–Crippen MR) is 82.0 cm³/mol. The van der Waals surface area contributed by atoms with Crippen LogP contribution in [0.3, 0.4) is 0 Å². The Balaban J connectivity index is 1.71. The molecule has 2 aliphatic rings. The van der Waals surface area contributed by atoms with Crippen molar-refractivity contribution >= 4 is 5.91 Å². The van der Waals surface area contributed by atoms with Gasteiger partial charge in [-0.25, -0.2) is 0 Å². The van der Waals surface area contributed by atoms with Gasteiger partial charge in [-0.2, -0.15) is 0 Å². The standard InChI is InChI=1S/C17H24N2O2/c1-2-21-15-9-7-14(8-10-15)17-18-11-16(20)19(17)12-13-5-3-4-6-13/h7-10,13,17-18H,2-6,11-12H2,1H3. The first kappa shape index (κ1) is 14.4. The lowest BCUT2D eigenvalue weighted by Gasteiger charge is -2.27. The Morgan fingerprint density at radius 3 is 2.62 bits per heavy atom. The van der Waals surface area contributed by atoms with Gasteiger partial charge in [0.1, 0.15) is 11.9 Å². The maximum Gasteiger partial charge on any atom is 0.238 e. The summed E-state index contributed by atoms with van der Waals surface area (Å²) in [6.07, 6.45) is 5.18. The third-order valence-electron chi connectivity index (χ3n) is 4.52. The fourth-order valence-corrected chi connectivity index (χ4v) is 3.43. The van der Waals surface area contributed by atoms with Crippen LogP contribution in [0.5, 0.6) is 5.75 Å². The van der Waals surface area contributed by atoms with E-state index in [9.17, 15) is 4.79 Å². The van der Waals surface area contributed by atoms with E-state index in [-0.39, 0.29) is 12.1 Å². The number of benzene rings is 1. The third kappa shape index (κ3) is 3.21. The Kier molecular flexibility index (Phi) is 4.44. The highest BCUT2D eigenvalue weighted by molar-refractivity contribution is 5.81. The zero-order valence-electron chi connectivity index (χ0n) is 12.7. The van der Waals surface area contributed by atoms with E-state index >= 15 is 0 Å². The van der Waals surface area contributed by atoms with Crippen LogP contribution >= 0.6 is 0 Å². The van der Waals surface area contributed by atoms with Gasteiger partial charge in [0, 0.05) is 6.54 Å². The van der Waals surface area contributed by atoms with Crippen LogP contribution in [0.2, 0.25) is 0 Å². The maximum absolute atomic E-state index is 12.2. The number of hydrogen-bond acceptors (Lipinski definition) is 3. The molecule has 1 aliphatic heterocycles. The average molecular weight is 288 g/mol. The second-order valence-electron chi connectivity index (χ2n) is 5.98. The molecule has 2 fully saturated rings. The molecule has 1 saturated carbocycles. The summed E-state index contributed by atoms with van der Waals surface area (Å²) >= 11 is 0. The molecule has 3 rings (SSSR count). The highest BCUT2D eigenvalue weighted by Crippen LogP contribution is 2.30. The van der Waals surface area contributed by atoms with E-state index in [1.54, 1.807) is 0 Å². The van der Waals surface area contributed by atoms with E-state index in [0.29, 0.717) is 19.1 Å². The van der Waals surface area contributed by atoms with Crippen LogP contribution in [0.25, 0.3) is 0 Å². The molecule has 1 atom stereocenters. The molecule has 1 aromatic rings. The van der Waals surface area contributed by atoms with Crippen molar-refractivity contribution in [2.45, 2.75) is 38.8 Å². The molecule has 4 nitrogen and oxygen atoms in total. The second kappa shape index (κ2) is 6.48. The van der Waals surface area contributed by atoms with Gasteiger partial charge in [0.05, 0.1) is 13.2 Å². The van der Waals surface area contributed by atoms with Gasteiger partial charge in [0.2, 0.25) is 5.91 Å². The number of rotatable bonds is 5. The summed E-state index contributed by atoms with van der Waals surface area (Å²) in [5, 5.41) is 3.33. The van der Waals surface area contributed by atoms with E-state index in [2.05, 4.69) is 17.4 Å². The average Bonchev–Trinajstić information content (AvgIpc) is 3.12. The van der Waals surface area contributed by atoms with Crippen molar-refractivity contribution in [2.24, 2.45) is 5.92 Å². The van der Waals surface area contributed by atoms with Crippen molar-refractivity contribution in [3.8, 4) is 5.75 Å². The van der Waals surface area contributed by atoms with Crippen LogP contribution in [0.15, 0.2) is 24.3 Å². The molecule has 1 aromatic carbocycles. The van der Waals surface area contributed by atoms with Crippen molar-refractivity contribution in [3.63, 3.8) is 0 Å². The summed E-state index contributed by atoms with van der Waals surface area (Å²) in [5.41, 5.74) is 1.14. The first-order chi connectivity index (χ1) is 10.3. The summed E-state index contributed by atoms with van der Waals surface area (Å²) in [6.45, 7) is 4.00. The Hall–Kier alpha value is -1.55. The molecule has 0 spiro atoms. The molecule has 0 radical (unpaired) electrons. The maximum atomic E-state index is 12.2. The Morgan fingerprint density at radius 2 is 1.95 bits per heavy atom. The molecule has 1 aliphatic carbocycles. The SMILES string of the molecule is CCOc1ccc(C2NCC(=O)N2CC2CCCC2)cc1. The topological polar surface area (TPSA) is 41.6 Å². The summed E-state index contributed by atoms with van der Waals surface area (Å²) in [7, 11) is 0. The third-order valence-corrected chi connectivity index (χ3v) is 4.52. The first-order valence-corrected chi connectivity index (χ1v) is 8.03. The second-order valence-corrected chi connectivity index (χ2v) is 5.98. The lowest BCUT2D eigenvalue weighted by atomic mass is 10.1. The van der Waals surface area contributed by atoms with Crippen LogP contribution < -0.4 is 10.1 Å². The van der Waals surface area contributed by atoms with Crippen LogP contribution in [0.1, 0.15) is 44.3 Å². The van der Waals surface area contributed by atoms with Crippen LogP contribution in [-0.2, 0) is 4.79 Å². The van der Waals surface area contributed by atoms with Gasteiger partial charge >= 0.3 is 0 Å². The number of nitrogens with zero attached hydrogens (tertiary/aromatic N) is 1. The lowest BCUT2D eigenvalue weighted by molar-refractivity contribution is -0.128. The largest absolute Gasteiger partial charge is 0.494 e. The summed E-state index contributed by atoms with van der Waals surface area (Å²) in [6, 6.07) is 8.08. The molecule has 4 heteroatoms. The monoisotopic (exact) mass is 288 g/mol. The minimum atomic E-state index is 0.0220. The van der Waals surface area contributed by atoms with Crippen LogP contribution in [-0.4, -0.2) is 30.5 Å². The summed E-state index contributed by atoms with van der Waals surface area (Å²) in [4.78, 5) is 14.2. The smallest absolute Gasteiger partial charge is 0.238 e. The summed E-state index contributed by atoms with van der Waals surface area (Å²) in [5.74, 6) is 1.78. The molecular formula is C17H24N2O2. The molecule has 0 aromatic heterocycles. The predicted octanol–water partition coefficient (Wildman–Crippen LogP) is 2.71. The Morgan fingerprint density at radius 1 is 1.24 bits per heavy atom. The molecule has 1 heterocycles. The van der Waals surface area contributed by atoms with Gasteiger partial charge in [-0.1, -0.05) is 25.0 Å². The van der Waals surface area contributed by atoms with Crippen molar-refractivity contribution in [2.75, 3.05) is 19.7 Å². The minimum Gasteiger partial charge on any atom is -0.494 e. The molecule has 1 N–H and O–H groups in total. The number of carbonyl (C=O) groups is 1. The quantitative estimate of drug-likeness (QED) is 0.906. The number of amides is 1. The van der Waals surface area contributed by atoms with Gasteiger partial charge in [-0.05, 0) is 43.4 Å². The Bertz CT molecular complexity index is 480. The van der Waals surface area contributed by atoms with Gasteiger partial charge < -0.3 is 9.64 Å². The lowest BCUT2D eigenvalue weighted by Crippen LogP contribution is -2.34. The normalized spacial score (nSPS) is 23.0.